The number of rotatable bonds is 2. The zero-order valence-corrected chi connectivity index (χ0v) is 5.06. The van der Waals surface area contributed by atoms with Crippen LogP contribution in [-0.2, 0) is 19.7 Å². The lowest BCUT2D eigenvalue weighted by atomic mass is 10.8. The molecule has 0 aliphatic rings. The molecule has 0 aliphatic carbocycles. The molecule has 0 bridgehead atoms. The largest absolute Gasteiger partial charge is 0.370 e. The molecule has 0 aromatic heterocycles. The fraction of sp³-hybridized carbons (Fsp3) is 0.667. The van der Waals surface area contributed by atoms with E-state index in [0.717, 1.165) is 6.26 Å². The molecule has 0 fully saturated rings. The summed E-state index contributed by atoms with van der Waals surface area (Å²) in [6.07, 6.45) is 0.836. The molecule has 0 amide bonds. The van der Waals surface area contributed by atoms with Gasteiger partial charge in [-0.3, -0.25) is 0 Å². The lowest BCUT2D eigenvalue weighted by Gasteiger charge is -1.83. The second-order valence-corrected chi connectivity index (χ2v) is 3.58. The molecular weight excluding hydrogens is 132 g/mol. The van der Waals surface area contributed by atoms with Crippen LogP contribution in [0.3, 0.4) is 0 Å². The molecule has 0 saturated carbocycles. The molecule has 5 heteroatoms. The van der Waals surface area contributed by atoms with Crippen LogP contribution >= 0.6 is 0 Å². The van der Waals surface area contributed by atoms with Crippen LogP contribution in [0.2, 0.25) is 0 Å². The van der Waals surface area contributed by atoms with Gasteiger partial charge in [0.15, 0.2) is 15.6 Å². The molecule has 0 heterocycles. The summed E-state index contributed by atoms with van der Waals surface area (Å²) in [6, 6.07) is 0. The van der Waals surface area contributed by atoms with Gasteiger partial charge in [-0.05, 0) is 0 Å². The Hall–Kier alpha value is -0.580. The van der Waals surface area contributed by atoms with Gasteiger partial charge in [0.05, 0.1) is 0 Å². The van der Waals surface area contributed by atoms with E-state index in [2.05, 4.69) is 0 Å². The van der Waals surface area contributed by atoms with Crippen molar-refractivity contribution in [2.75, 3.05) is 12.0 Å². The lowest BCUT2D eigenvalue weighted by Crippen LogP contribution is -2.11. The Balaban J connectivity index is 3.95. The van der Waals surface area contributed by atoms with Gasteiger partial charge in [0.25, 0.3) is 0 Å². The predicted octanol–water partition coefficient (Wildman–Crippen LogP) is -1.01. The molecule has 0 atom stereocenters. The summed E-state index contributed by atoms with van der Waals surface area (Å²) in [5, 5.41) is 9.52. The fourth-order valence-electron chi connectivity index (χ4n) is 0.214. The topological polar surface area (TPSA) is 71.1 Å². The summed E-state index contributed by atoms with van der Waals surface area (Å²) in [4.78, 5) is 9.52. The zero-order valence-electron chi connectivity index (χ0n) is 4.25. The van der Waals surface area contributed by atoms with Gasteiger partial charge in [0, 0.05) is 6.26 Å². The summed E-state index contributed by atoms with van der Waals surface area (Å²) in [6.45, 7) is 0. The molecule has 0 unspecified atom stereocenters. The minimum atomic E-state index is -3.39. The minimum Gasteiger partial charge on any atom is -0.246 e. The van der Waals surface area contributed by atoms with Crippen molar-refractivity contribution in [1.29, 1.82) is 0 Å². The van der Waals surface area contributed by atoms with Crippen molar-refractivity contribution in [1.82, 2.24) is 0 Å². The summed E-state index contributed by atoms with van der Waals surface area (Å²) in [7, 11) is -3.39. The van der Waals surface area contributed by atoms with Gasteiger partial charge in [-0.25, -0.2) is 18.3 Å². The molecule has 0 aromatic rings. The second-order valence-electron chi connectivity index (χ2n) is 1.44. The Bertz CT molecular complexity index is 177. The van der Waals surface area contributed by atoms with Crippen LogP contribution in [-0.4, -0.2) is 26.4 Å². The van der Waals surface area contributed by atoms with Gasteiger partial charge in [-0.1, -0.05) is 0 Å². The highest BCUT2D eigenvalue weighted by Gasteiger charge is 2.09. The SMILES string of the molecule is CS(=O)(=O)CC([O])=O. The number of carbonyl (C=O) groups is 1. The van der Waals surface area contributed by atoms with E-state index in [9.17, 15) is 18.3 Å². The highest BCUT2D eigenvalue weighted by atomic mass is 32.2. The third-order valence-corrected chi connectivity index (χ3v) is 1.14. The summed E-state index contributed by atoms with van der Waals surface area (Å²) in [5.41, 5.74) is 0. The van der Waals surface area contributed by atoms with Crippen molar-refractivity contribution < 1.29 is 18.3 Å². The van der Waals surface area contributed by atoms with Gasteiger partial charge < -0.3 is 0 Å². The fourth-order valence-corrected chi connectivity index (χ4v) is 0.642. The molecule has 0 aromatic carbocycles. The third kappa shape index (κ3) is 5.42. The first-order valence-electron chi connectivity index (χ1n) is 1.79. The maximum absolute atomic E-state index is 10.0. The van der Waals surface area contributed by atoms with Crippen molar-refractivity contribution in [2.24, 2.45) is 0 Å². The zero-order chi connectivity index (χ0) is 6.78. The lowest BCUT2D eigenvalue weighted by molar-refractivity contribution is -0.139. The highest BCUT2D eigenvalue weighted by molar-refractivity contribution is 7.91. The van der Waals surface area contributed by atoms with Crippen molar-refractivity contribution in [3.8, 4) is 0 Å². The van der Waals surface area contributed by atoms with Crippen LogP contribution in [0.4, 0.5) is 0 Å². The maximum Gasteiger partial charge on any atom is 0.370 e. The molecule has 0 aliphatic heterocycles. The molecule has 8 heavy (non-hydrogen) atoms. The van der Waals surface area contributed by atoms with Gasteiger partial charge in [0.2, 0.25) is 0 Å². The van der Waals surface area contributed by atoms with Gasteiger partial charge in [-0.15, -0.1) is 0 Å². The molecule has 0 spiro atoms. The first-order chi connectivity index (χ1) is 3.42. The standard InChI is InChI=1S/C3H5O4S/c1-8(6,7)2-3(4)5/h2H2,1H3. The number of hydrogen-bond acceptors (Lipinski definition) is 3. The Morgan fingerprint density at radius 1 is 1.50 bits per heavy atom. The van der Waals surface area contributed by atoms with Crippen molar-refractivity contribution in [3.05, 3.63) is 0 Å². The van der Waals surface area contributed by atoms with Crippen LogP contribution in [0.5, 0.6) is 0 Å². The van der Waals surface area contributed by atoms with E-state index in [4.69, 9.17) is 0 Å². The summed E-state index contributed by atoms with van der Waals surface area (Å²) >= 11 is 0. The molecule has 0 N–H and O–H groups in total. The van der Waals surface area contributed by atoms with E-state index >= 15 is 0 Å². The number of hydrogen-bond donors (Lipinski definition) is 0. The number of carbonyl (C=O) groups excluding carboxylic acids is 1. The van der Waals surface area contributed by atoms with Gasteiger partial charge >= 0.3 is 5.97 Å². The van der Waals surface area contributed by atoms with Crippen molar-refractivity contribution in [3.63, 3.8) is 0 Å². The minimum absolute atomic E-state index is 0.836. The highest BCUT2D eigenvalue weighted by Crippen LogP contribution is 1.79. The van der Waals surface area contributed by atoms with Crippen molar-refractivity contribution in [2.45, 2.75) is 0 Å². The molecular formula is C3H5O4S. The predicted molar refractivity (Wildman–Crippen MR) is 25.4 cm³/mol. The Kier molecular flexibility index (Phi) is 1.97. The average Bonchev–Trinajstić information content (AvgIpc) is 1.21. The first kappa shape index (κ1) is 7.42. The van der Waals surface area contributed by atoms with E-state index < -0.39 is 21.6 Å². The Labute approximate surface area is 47.1 Å². The van der Waals surface area contributed by atoms with E-state index in [1.807, 2.05) is 0 Å². The molecule has 47 valence electrons. The van der Waals surface area contributed by atoms with E-state index in [1.165, 1.54) is 0 Å². The van der Waals surface area contributed by atoms with Crippen LogP contribution < -0.4 is 0 Å². The smallest absolute Gasteiger partial charge is 0.246 e. The van der Waals surface area contributed by atoms with Crippen LogP contribution in [0.1, 0.15) is 0 Å². The van der Waals surface area contributed by atoms with Gasteiger partial charge in [0.1, 0.15) is 0 Å². The Morgan fingerprint density at radius 2 is 1.88 bits per heavy atom. The number of sulfone groups is 1. The average molecular weight is 137 g/mol. The maximum atomic E-state index is 10.0. The van der Waals surface area contributed by atoms with Crippen molar-refractivity contribution >= 4 is 15.8 Å². The quantitative estimate of drug-likeness (QED) is 0.489. The van der Waals surface area contributed by atoms with E-state index in [1.54, 1.807) is 0 Å². The van der Waals surface area contributed by atoms with Crippen LogP contribution in [0.25, 0.3) is 0 Å². The molecule has 4 nitrogen and oxygen atoms in total. The summed E-state index contributed by atoms with van der Waals surface area (Å²) < 4.78 is 20.0. The first-order valence-corrected chi connectivity index (χ1v) is 3.85. The third-order valence-electron chi connectivity index (χ3n) is 0.380. The Morgan fingerprint density at radius 3 is 1.88 bits per heavy atom. The van der Waals surface area contributed by atoms with Crippen LogP contribution in [0, 0.1) is 0 Å². The van der Waals surface area contributed by atoms with E-state index in [0.29, 0.717) is 0 Å². The van der Waals surface area contributed by atoms with Crippen LogP contribution in [0.15, 0.2) is 0 Å². The van der Waals surface area contributed by atoms with Gasteiger partial charge in [-0.2, -0.15) is 0 Å². The molecule has 0 rings (SSSR count). The summed E-state index contributed by atoms with van der Waals surface area (Å²) in [5.74, 6) is -2.46. The monoisotopic (exact) mass is 137 g/mol. The normalized spacial score (nSPS) is 11.1. The second kappa shape index (κ2) is 2.13. The molecule has 1 radical (unpaired) electrons. The molecule has 0 saturated heterocycles. The van der Waals surface area contributed by atoms with E-state index in [-0.39, 0.29) is 0 Å².